The van der Waals surface area contributed by atoms with Gasteiger partial charge in [-0.05, 0) is 41.2 Å². The predicted molar refractivity (Wildman–Crippen MR) is 128 cm³/mol. The molecule has 2 heterocycles. The number of anilines is 1. The van der Waals surface area contributed by atoms with Crippen LogP contribution >= 0.6 is 11.3 Å². The molecule has 1 amide bonds. The van der Waals surface area contributed by atoms with Gasteiger partial charge in [0.1, 0.15) is 11.4 Å². The zero-order valence-corrected chi connectivity index (χ0v) is 18.7. The van der Waals surface area contributed by atoms with E-state index in [9.17, 15) is 9.59 Å². The van der Waals surface area contributed by atoms with Crippen molar-refractivity contribution in [2.45, 2.75) is 39.7 Å². The molecule has 0 radical (unpaired) electrons. The van der Waals surface area contributed by atoms with Crippen LogP contribution in [0.25, 0.3) is 21.3 Å². The summed E-state index contributed by atoms with van der Waals surface area (Å²) in [6, 6.07) is 16.0. The number of aromatic nitrogens is 2. The molecule has 2 aromatic heterocycles. The average molecular weight is 432 g/mol. The zero-order chi connectivity index (χ0) is 22.0. The number of benzene rings is 2. The van der Waals surface area contributed by atoms with Gasteiger partial charge in [0.15, 0.2) is 0 Å². The number of nitrogens with zero attached hydrogens (tertiary/aromatic N) is 2. The van der Waals surface area contributed by atoms with E-state index in [1.807, 2.05) is 41.8 Å². The van der Waals surface area contributed by atoms with Crippen molar-refractivity contribution in [2.24, 2.45) is 0 Å². The maximum Gasteiger partial charge on any atom is 0.263 e. The third-order valence-corrected chi connectivity index (χ3v) is 6.30. The second kappa shape index (κ2) is 8.86. The Bertz CT molecular complexity index is 1270. The molecule has 0 saturated carbocycles. The molecule has 0 aliphatic heterocycles. The summed E-state index contributed by atoms with van der Waals surface area (Å²) in [6.45, 7) is 6.31. The van der Waals surface area contributed by atoms with E-state index in [-0.39, 0.29) is 18.0 Å². The fourth-order valence-electron chi connectivity index (χ4n) is 3.52. The van der Waals surface area contributed by atoms with Crippen LogP contribution in [-0.2, 0) is 17.8 Å². The monoisotopic (exact) mass is 431 g/mol. The average Bonchev–Trinajstić information content (AvgIpc) is 3.21. The van der Waals surface area contributed by atoms with Crippen LogP contribution < -0.4 is 10.9 Å². The number of hydrogen-bond donors (Lipinski definition) is 1. The fraction of sp³-hybridized carbons (Fsp3) is 0.240. The Labute approximate surface area is 185 Å². The first kappa shape index (κ1) is 21.0. The van der Waals surface area contributed by atoms with Gasteiger partial charge < -0.3 is 5.32 Å². The van der Waals surface area contributed by atoms with Crippen molar-refractivity contribution in [3.63, 3.8) is 0 Å². The number of nitrogens with one attached hydrogen (secondary N) is 1. The van der Waals surface area contributed by atoms with Gasteiger partial charge in [-0.3, -0.25) is 14.2 Å². The summed E-state index contributed by atoms with van der Waals surface area (Å²) in [5, 5.41) is 5.37. The largest absolute Gasteiger partial charge is 0.325 e. The van der Waals surface area contributed by atoms with Crippen LogP contribution in [0.2, 0.25) is 0 Å². The van der Waals surface area contributed by atoms with Gasteiger partial charge in [0.2, 0.25) is 5.91 Å². The Morgan fingerprint density at radius 2 is 1.81 bits per heavy atom. The first-order valence-electron chi connectivity index (χ1n) is 10.4. The first-order valence-corrected chi connectivity index (χ1v) is 11.3. The molecule has 0 unspecified atom stereocenters. The molecule has 4 rings (SSSR count). The van der Waals surface area contributed by atoms with Crippen LogP contribution in [0.5, 0.6) is 0 Å². The van der Waals surface area contributed by atoms with E-state index < -0.39 is 0 Å². The summed E-state index contributed by atoms with van der Waals surface area (Å²) >= 11 is 1.44. The van der Waals surface area contributed by atoms with Crippen LogP contribution in [0.15, 0.2) is 65.0 Å². The molecular weight excluding hydrogens is 406 g/mol. The SMILES string of the molecule is CCc1ccc(NC(=O)Cn2cnc3scc(-c4ccc(C(C)C)cc4)c3c2=O)cc1. The number of rotatable bonds is 6. The van der Waals surface area contributed by atoms with Gasteiger partial charge >= 0.3 is 0 Å². The van der Waals surface area contributed by atoms with Gasteiger partial charge in [-0.15, -0.1) is 11.3 Å². The minimum atomic E-state index is -0.259. The van der Waals surface area contributed by atoms with Crippen LogP contribution in [-0.4, -0.2) is 15.5 Å². The van der Waals surface area contributed by atoms with E-state index in [2.05, 4.69) is 43.2 Å². The minimum absolute atomic E-state index is 0.0844. The van der Waals surface area contributed by atoms with Gasteiger partial charge in [0.05, 0.1) is 11.7 Å². The maximum atomic E-state index is 13.2. The van der Waals surface area contributed by atoms with Crippen molar-refractivity contribution in [3.05, 3.63) is 81.7 Å². The number of hydrogen-bond acceptors (Lipinski definition) is 4. The summed E-state index contributed by atoms with van der Waals surface area (Å²) in [6.07, 6.45) is 2.39. The highest BCUT2D eigenvalue weighted by Crippen LogP contribution is 2.31. The standard InChI is InChI=1S/C25H25N3O2S/c1-4-17-5-11-20(12-6-17)27-22(29)13-28-15-26-24-23(25(28)30)21(14-31-24)19-9-7-18(8-10-19)16(2)3/h5-12,14-16H,4,13H2,1-3H3,(H,27,29). The summed E-state index contributed by atoms with van der Waals surface area (Å²) in [5.74, 6) is 0.189. The van der Waals surface area contributed by atoms with E-state index in [0.29, 0.717) is 21.8 Å². The van der Waals surface area contributed by atoms with Gasteiger partial charge in [-0.1, -0.05) is 57.2 Å². The highest BCUT2D eigenvalue weighted by molar-refractivity contribution is 7.17. The smallest absolute Gasteiger partial charge is 0.263 e. The Morgan fingerprint density at radius 1 is 1.10 bits per heavy atom. The molecule has 6 heteroatoms. The molecular formula is C25H25N3O2S. The molecule has 1 N–H and O–H groups in total. The molecule has 5 nitrogen and oxygen atoms in total. The molecule has 4 aromatic rings. The summed E-state index contributed by atoms with van der Waals surface area (Å²) in [5.41, 5.74) is 4.81. The summed E-state index contributed by atoms with van der Waals surface area (Å²) in [4.78, 5) is 30.8. The molecule has 0 bridgehead atoms. The zero-order valence-electron chi connectivity index (χ0n) is 17.9. The Kier molecular flexibility index (Phi) is 6.00. The number of fused-ring (bicyclic) bond motifs is 1. The van der Waals surface area contributed by atoms with Gasteiger partial charge in [-0.25, -0.2) is 4.98 Å². The summed E-state index contributed by atoms with van der Waals surface area (Å²) in [7, 11) is 0. The second-order valence-electron chi connectivity index (χ2n) is 7.88. The van der Waals surface area contributed by atoms with E-state index in [1.54, 1.807) is 0 Å². The van der Waals surface area contributed by atoms with Gasteiger partial charge in [0, 0.05) is 16.6 Å². The first-order chi connectivity index (χ1) is 15.0. The third kappa shape index (κ3) is 4.44. The van der Waals surface area contributed by atoms with Crippen LogP contribution in [0.4, 0.5) is 5.69 Å². The summed E-state index contributed by atoms with van der Waals surface area (Å²) < 4.78 is 1.37. The Morgan fingerprint density at radius 3 is 2.45 bits per heavy atom. The molecule has 0 aliphatic rings. The molecule has 158 valence electrons. The fourth-order valence-corrected chi connectivity index (χ4v) is 4.43. The lowest BCUT2D eigenvalue weighted by atomic mass is 9.99. The van der Waals surface area contributed by atoms with E-state index in [1.165, 1.54) is 33.4 Å². The normalized spacial score (nSPS) is 11.2. The van der Waals surface area contributed by atoms with Gasteiger partial charge in [-0.2, -0.15) is 0 Å². The number of amides is 1. The molecule has 2 aromatic carbocycles. The third-order valence-electron chi connectivity index (χ3n) is 5.41. The van der Waals surface area contributed by atoms with E-state index in [4.69, 9.17) is 0 Å². The lowest BCUT2D eigenvalue weighted by molar-refractivity contribution is -0.116. The number of carbonyl (C=O) groups is 1. The van der Waals surface area contributed by atoms with Crippen LogP contribution in [0, 0.1) is 0 Å². The van der Waals surface area contributed by atoms with Crippen molar-refractivity contribution in [3.8, 4) is 11.1 Å². The number of carbonyl (C=O) groups excluding carboxylic acids is 1. The Hall–Kier alpha value is -3.25. The second-order valence-corrected chi connectivity index (χ2v) is 8.74. The maximum absolute atomic E-state index is 13.2. The topological polar surface area (TPSA) is 64.0 Å². The van der Waals surface area contributed by atoms with E-state index in [0.717, 1.165) is 17.5 Å². The lowest BCUT2D eigenvalue weighted by Gasteiger charge is -2.09. The van der Waals surface area contributed by atoms with E-state index >= 15 is 0 Å². The number of aryl methyl sites for hydroxylation is 1. The number of thiophene rings is 1. The van der Waals surface area contributed by atoms with Crippen molar-refractivity contribution < 1.29 is 4.79 Å². The van der Waals surface area contributed by atoms with Gasteiger partial charge in [0.25, 0.3) is 5.56 Å². The van der Waals surface area contributed by atoms with Crippen LogP contribution in [0.1, 0.15) is 37.8 Å². The quantitative estimate of drug-likeness (QED) is 0.441. The van der Waals surface area contributed by atoms with Crippen molar-refractivity contribution in [2.75, 3.05) is 5.32 Å². The molecule has 0 spiro atoms. The Balaban J connectivity index is 1.60. The lowest BCUT2D eigenvalue weighted by Crippen LogP contribution is -2.27. The molecule has 31 heavy (non-hydrogen) atoms. The van der Waals surface area contributed by atoms with Crippen molar-refractivity contribution >= 4 is 33.1 Å². The minimum Gasteiger partial charge on any atom is -0.325 e. The molecule has 0 atom stereocenters. The highest BCUT2D eigenvalue weighted by Gasteiger charge is 2.15. The van der Waals surface area contributed by atoms with Crippen LogP contribution in [0.3, 0.4) is 0 Å². The molecule has 0 aliphatic carbocycles. The molecule has 0 saturated heterocycles. The highest BCUT2D eigenvalue weighted by atomic mass is 32.1. The molecule has 0 fully saturated rings. The predicted octanol–water partition coefficient (Wildman–Crippen LogP) is 5.45. The van der Waals surface area contributed by atoms with Crippen molar-refractivity contribution in [1.82, 2.24) is 9.55 Å². The van der Waals surface area contributed by atoms with Crippen molar-refractivity contribution in [1.29, 1.82) is 0 Å².